The highest BCUT2D eigenvalue weighted by Crippen LogP contribution is 1.79. The molecule has 0 aliphatic rings. The first kappa shape index (κ1) is 8.17. The van der Waals surface area contributed by atoms with Crippen LogP contribution in [0.2, 0.25) is 0 Å². The molecule has 0 saturated carbocycles. The second-order valence-electron chi connectivity index (χ2n) is 1.61. The number of nitrogens with zero attached hydrogens (tertiary/aromatic N) is 1. The summed E-state index contributed by atoms with van der Waals surface area (Å²) in [5.74, 6) is 0. The Morgan fingerprint density at radius 2 is 2.33 bits per heavy atom. The largest absolute Gasteiger partial charge is 0.395 e. The Morgan fingerprint density at radius 3 is 2.67 bits per heavy atom. The maximum atomic E-state index is 10.1. The van der Waals surface area contributed by atoms with Crippen LogP contribution in [-0.4, -0.2) is 36.1 Å². The molecule has 1 N–H and O–H groups in total. The van der Waals surface area contributed by atoms with Crippen LogP contribution < -0.4 is 0 Å². The Kier molecular flexibility index (Phi) is 4.82. The fourth-order valence-corrected chi connectivity index (χ4v) is 0.481. The highest BCUT2D eigenvalue weighted by molar-refractivity contribution is 5.47. The van der Waals surface area contributed by atoms with Gasteiger partial charge in [-0.05, 0) is 0 Å². The van der Waals surface area contributed by atoms with E-state index in [-0.39, 0.29) is 6.61 Å². The first-order valence-corrected chi connectivity index (χ1v) is 2.76. The van der Waals surface area contributed by atoms with Crippen molar-refractivity contribution in [3.63, 3.8) is 0 Å². The quantitative estimate of drug-likeness (QED) is 0.406. The number of aliphatic hydroxyl groups is 1. The van der Waals surface area contributed by atoms with Crippen molar-refractivity contribution >= 4 is 6.41 Å². The van der Waals surface area contributed by atoms with Gasteiger partial charge in [-0.25, -0.2) is 0 Å². The Bertz CT molecular complexity index is 93.1. The predicted octanol–water partition coefficient (Wildman–Crippen LogP) is -0.377. The van der Waals surface area contributed by atoms with Gasteiger partial charge in [-0.3, -0.25) is 4.79 Å². The summed E-state index contributed by atoms with van der Waals surface area (Å²) >= 11 is 0. The van der Waals surface area contributed by atoms with Crippen molar-refractivity contribution in [2.75, 3.05) is 19.7 Å². The smallest absolute Gasteiger partial charge is 0.210 e. The lowest BCUT2D eigenvalue weighted by atomic mass is 10.5. The fourth-order valence-electron chi connectivity index (χ4n) is 0.481. The highest BCUT2D eigenvalue weighted by Gasteiger charge is 1.93. The van der Waals surface area contributed by atoms with E-state index >= 15 is 0 Å². The molecule has 3 heteroatoms. The summed E-state index contributed by atoms with van der Waals surface area (Å²) in [6.45, 7) is 4.34. The van der Waals surface area contributed by atoms with Gasteiger partial charge in [-0.15, -0.1) is 6.58 Å². The molecule has 0 spiro atoms. The topological polar surface area (TPSA) is 40.5 Å². The van der Waals surface area contributed by atoms with Gasteiger partial charge in [0, 0.05) is 13.1 Å². The number of rotatable bonds is 5. The van der Waals surface area contributed by atoms with Gasteiger partial charge in [-0.2, -0.15) is 0 Å². The Morgan fingerprint density at radius 1 is 1.67 bits per heavy atom. The number of amides is 1. The zero-order chi connectivity index (χ0) is 7.11. The number of hydrogen-bond acceptors (Lipinski definition) is 2. The fraction of sp³-hybridized carbons (Fsp3) is 0.500. The summed E-state index contributed by atoms with van der Waals surface area (Å²) in [6.07, 6.45) is 2.31. The van der Waals surface area contributed by atoms with Crippen molar-refractivity contribution in [3.05, 3.63) is 12.7 Å². The molecule has 52 valence electrons. The van der Waals surface area contributed by atoms with Gasteiger partial charge >= 0.3 is 0 Å². The van der Waals surface area contributed by atoms with Crippen LogP contribution in [0.4, 0.5) is 0 Å². The van der Waals surface area contributed by atoms with Crippen LogP contribution in [0.3, 0.4) is 0 Å². The van der Waals surface area contributed by atoms with E-state index in [1.165, 1.54) is 4.90 Å². The van der Waals surface area contributed by atoms with E-state index in [1.54, 1.807) is 6.08 Å². The molecule has 0 aliphatic carbocycles. The monoisotopic (exact) mass is 129 g/mol. The van der Waals surface area contributed by atoms with Crippen LogP contribution in [0.1, 0.15) is 0 Å². The summed E-state index contributed by atoms with van der Waals surface area (Å²) < 4.78 is 0. The Balaban J connectivity index is 3.40. The van der Waals surface area contributed by atoms with E-state index in [9.17, 15) is 4.79 Å². The van der Waals surface area contributed by atoms with Gasteiger partial charge in [0.05, 0.1) is 6.61 Å². The third-order valence-electron chi connectivity index (χ3n) is 0.900. The molecule has 0 atom stereocenters. The molecule has 0 bridgehead atoms. The first-order chi connectivity index (χ1) is 4.35. The van der Waals surface area contributed by atoms with Crippen LogP contribution in [0.5, 0.6) is 0 Å². The molecule has 0 fully saturated rings. The zero-order valence-electron chi connectivity index (χ0n) is 5.29. The van der Waals surface area contributed by atoms with Crippen LogP contribution >= 0.6 is 0 Å². The maximum absolute atomic E-state index is 10.1. The molecule has 0 saturated heterocycles. The van der Waals surface area contributed by atoms with Crippen molar-refractivity contribution in [2.45, 2.75) is 0 Å². The summed E-state index contributed by atoms with van der Waals surface area (Å²) in [5.41, 5.74) is 0. The van der Waals surface area contributed by atoms with Crippen molar-refractivity contribution in [1.82, 2.24) is 4.90 Å². The summed E-state index contributed by atoms with van der Waals surface area (Å²) in [4.78, 5) is 11.5. The lowest BCUT2D eigenvalue weighted by Crippen LogP contribution is -2.25. The van der Waals surface area contributed by atoms with E-state index < -0.39 is 0 Å². The molecule has 3 nitrogen and oxygen atoms in total. The van der Waals surface area contributed by atoms with Gasteiger partial charge in [0.2, 0.25) is 6.41 Å². The number of hydrogen-bond donors (Lipinski definition) is 1. The third-order valence-corrected chi connectivity index (χ3v) is 0.900. The number of aliphatic hydroxyl groups excluding tert-OH is 1. The van der Waals surface area contributed by atoms with Crippen LogP contribution in [-0.2, 0) is 4.79 Å². The van der Waals surface area contributed by atoms with E-state index in [0.717, 1.165) is 0 Å². The standard InChI is InChI=1S/C6H11NO2/c1-2-3-7(6-9)4-5-8/h2,6,8H,1,3-5H2. The van der Waals surface area contributed by atoms with Crippen molar-refractivity contribution < 1.29 is 9.90 Å². The molecule has 1 amide bonds. The van der Waals surface area contributed by atoms with E-state index in [2.05, 4.69) is 6.58 Å². The zero-order valence-corrected chi connectivity index (χ0v) is 5.29. The minimum absolute atomic E-state index is 0.00653. The molecular formula is C6H11NO2. The minimum Gasteiger partial charge on any atom is -0.395 e. The van der Waals surface area contributed by atoms with Gasteiger partial charge in [0.25, 0.3) is 0 Å². The third kappa shape index (κ3) is 3.73. The molecule has 0 aromatic carbocycles. The average Bonchev–Trinajstić information content (AvgIpc) is 1.88. The van der Waals surface area contributed by atoms with Gasteiger partial charge in [0.15, 0.2) is 0 Å². The molecular weight excluding hydrogens is 118 g/mol. The second kappa shape index (κ2) is 5.31. The van der Waals surface area contributed by atoms with E-state index in [4.69, 9.17) is 5.11 Å². The Hall–Kier alpha value is -0.830. The van der Waals surface area contributed by atoms with Crippen LogP contribution in [0.15, 0.2) is 12.7 Å². The predicted molar refractivity (Wildman–Crippen MR) is 34.9 cm³/mol. The summed E-state index contributed by atoms with van der Waals surface area (Å²) in [6, 6.07) is 0. The lowest BCUT2D eigenvalue weighted by Gasteiger charge is -2.11. The molecule has 0 aromatic rings. The molecule has 0 rings (SSSR count). The van der Waals surface area contributed by atoms with Gasteiger partial charge in [0.1, 0.15) is 0 Å². The first-order valence-electron chi connectivity index (χ1n) is 2.76. The normalized spacial score (nSPS) is 8.56. The van der Waals surface area contributed by atoms with Gasteiger partial charge in [-0.1, -0.05) is 6.08 Å². The molecule has 0 unspecified atom stereocenters. The van der Waals surface area contributed by atoms with Crippen LogP contribution in [0, 0.1) is 0 Å². The number of carbonyl (C=O) groups is 1. The molecule has 0 heterocycles. The summed E-state index contributed by atoms with van der Waals surface area (Å²) in [7, 11) is 0. The van der Waals surface area contributed by atoms with Crippen LogP contribution in [0.25, 0.3) is 0 Å². The Labute approximate surface area is 54.6 Å². The van der Waals surface area contributed by atoms with Gasteiger partial charge < -0.3 is 10.0 Å². The molecule has 0 aliphatic heterocycles. The van der Waals surface area contributed by atoms with E-state index in [1.807, 2.05) is 0 Å². The van der Waals surface area contributed by atoms with Crippen molar-refractivity contribution in [2.24, 2.45) is 0 Å². The van der Waals surface area contributed by atoms with E-state index in [0.29, 0.717) is 19.5 Å². The minimum atomic E-state index is 0.00653. The van der Waals surface area contributed by atoms with Crippen molar-refractivity contribution in [3.8, 4) is 0 Å². The molecule has 0 aromatic heterocycles. The number of carbonyl (C=O) groups excluding carboxylic acids is 1. The van der Waals surface area contributed by atoms with Crippen molar-refractivity contribution in [1.29, 1.82) is 0 Å². The maximum Gasteiger partial charge on any atom is 0.210 e. The lowest BCUT2D eigenvalue weighted by molar-refractivity contribution is -0.118. The second-order valence-corrected chi connectivity index (χ2v) is 1.61. The summed E-state index contributed by atoms with van der Waals surface area (Å²) in [5, 5.41) is 8.36. The molecule has 9 heavy (non-hydrogen) atoms. The molecule has 0 radical (unpaired) electrons. The highest BCUT2D eigenvalue weighted by atomic mass is 16.3. The SMILES string of the molecule is C=CCN(C=O)CCO. The average molecular weight is 129 g/mol.